The zero-order chi connectivity index (χ0) is 20.5. The Labute approximate surface area is 164 Å². The van der Waals surface area contributed by atoms with Gasteiger partial charge in [0, 0.05) is 18.7 Å². The van der Waals surface area contributed by atoms with Gasteiger partial charge in [-0.15, -0.1) is 0 Å². The fourth-order valence-corrected chi connectivity index (χ4v) is 3.35. The number of anilines is 2. The van der Waals surface area contributed by atoms with E-state index >= 15 is 0 Å². The number of methoxy groups -OCH3 is 1. The number of carbonyl (C=O) groups is 3. The molecule has 1 aliphatic heterocycles. The summed E-state index contributed by atoms with van der Waals surface area (Å²) in [5.74, 6) is -2.03. The highest BCUT2D eigenvalue weighted by Gasteiger charge is 2.37. The molecule has 2 aromatic carbocycles. The van der Waals surface area contributed by atoms with Crippen LogP contribution in [0, 0.1) is 11.7 Å². The first-order valence-electron chi connectivity index (χ1n) is 8.90. The van der Waals surface area contributed by atoms with Gasteiger partial charge in [0.05, 0.1) is 29.5 Å². The lowest BCUT2D eigenvalue weighted by Crippen LogP contribution is -2.28. The van der Waals surface area contributed by atoms with Gasteiger partial charge in [0.15, 0.2) is 5.82 Å². The van der Waals surface area contributed by atoms with Crippen LogP contribution in [0.25, 0.3) is 10.9 Å². The number of benzene rings is 2. The summed E-state index contributed by atoms with van der Waals surface area (Å²) in [7, 11) is 1.29. The Morgan fingerprint density at radius 1 is 1.24 bits per heavy atom. The predicted molar refractivity (Wildman–Crippen MR) is 103 cm³/mol. The van der Waals surface area contributed by atoms with E-state index in [2.05, 4.69) is 20.3 Å². The number of aromatic nitrogens is 2. The highest BCUT2D eigenvalue weighted by Crippen LogP contribution is 2.31. The Kier molecular flexibility index (Phi) is 4.71. The molecule has 1 aliphatic rings. The van der Waals surface area contributed by atoms with E-state index in [1.54, 1.807) is 24.3 Å². The molecule has 0 unspecified atom stereocenters. The first-order valence-corrected chi connectivity index (χ1v) is 8.90. The molecule has 8 nitrogen and oxygen atoms in total. The van der Waals surface area contributed by atoms with Gasteiger partial charge in [-0.25, -0.2) is 9.18 Å². The van der Waals surface area contributed by atoms with E-state index < -0.39 is 17.7 Å². The topological polar surface area (TPSA) is 104 Å². The van der Waals surface area contributed by atoms with Crippen LogP contribution in [0.4, 0.5) is 15.9 Å². The van der Waals surface area contributed by atoms with Crippen LogP contribution in [0.3, 0.4) is 0 Å². The SMILES string of the molecule is COC(=O)c1ccc(NC(=O)[C@H]2CC(=O)N(c3n[nH]c4cccc(F)c34)C2)cc1. The fraction of sp³-hybridized carbons (Fsp3) is 0.200. The lowest BCUT2D eigenvalue weighted by atomic mass is 10.1. The van der Waals surface area contributed by atoms with Crippen molar-refractivity contribution in [3.8, 4) is 0 Å². The van der Waals surface area contributed by atoms with Gasteiger partial charge in [-0.1, -0.05) is 6.07 Å². The molecule has 9 heteroatoms. The number of ether oxygens (including phenoxy) is 1. The average molecular weight is 396 g/mol. The van der Waals surface area contributed by atoms with E-state index in [1.165, 1.54) is 30.2 Å². The second-order valence-electron chi connectivity index (χ2n) is 6.67. The molecule has 3 aromatic rings. The summed E-state index contributed by atoms with van der Waals surface area (Å²) in [6.45, 7) is 0.0964. The number of fused-ring (bicyclic) bond motifs is 1. The van der Waals surface area contributed by atoms with E-state index in [9.17, 15) is 18.8 Å². The lowest BCUT2D eigenvalue weighted by molar-refractivity contribution is -0.122. The number of amides is 2. The third-order valence-corrected chi connectivity index (χ3v) is 4.84. The molecular formula is C20H17FN4O4. The predicted octanol–water partition coefficient (Wildman–Crippen LogP) is 2.48. The standard InChI is InChI=1S/C20H17FN4O4/c1-29-20(28)11-5-7-13(8-6-11)22-19(27)12-9-16(26)25(10-12)18-17-14(21)3-2-4-15(17)23-24-18/h2-8,12H,9-10H2,1H3,(H,22,27)(H,23,24)/t12-/m0/s1. The second kappa shape index (κ2) is 7.34. The van der Waals surface area contributed by atoms with Crippen molar-refractivity contribution in [1.82, 2.24) is 10.2 Å². The van der Waals surface area contributed by atoms with E-state index in [-0.39, 0.29) is 36.0 Å². The van der Waals surface area contributed by atoms with Gasteiger partial charge in [0.2, 0.25) is 11.8 Å². The molecule has 0 spiro atoms. The van der Waals surface area contributed by atoms with Gasteiger partial charge >= 0.3 is 5.97 Å². The lowest BCUT2D eigenvalue weighted by Gasteiger charge is -2.14. The van der Waals surface area contributed by atoms with Crippen LogP contribution >= 0.6 is 0 Å². The van der Waals surface area contributed by atoms with Gasteiger partial charge in [-0.2, -0.15) is 5.10 Å². The summed E-state index contributed by atoms with van der Waals surface area (Å²) in [5, 5.41) is 9.73. The third-order valence-electron chi connectivity index (χ3n) is 4.84. The zero-order valence-electron chi connectivity index (χ0n) is 15.4. The summed E-state index contributed by atoms with van der Waals surface area (Å²) in [6, 6.07) is 10.7. The van der Waals surface area contributed by atoms with Crippen LogP contribution < -0.4 is 10.2 Å². The summed E-state index contributed by atoms with van der Waals surface area (Å²) < 4.78 is 18.8. The zero-order valence-corrected chi connectivity index (χ0v) is 15.4. The molecule has 4 rings (SSSR count). The highest BCUT2D eigenvalue weighted by atomic mass is 19.1. The summed E-state index contributed by atoms with van der Waals surface area (Å²) in [5.41, 5.74) is 1.33. The van der Waals surface area contributed by atoms with Crippen molar-refractivity contribution in [2.75, 3.05) is 23.9 Å². The molecule has 1 fully saturated rings. The smallest absolute Gasteiger partial charge is 0.337 e. The summed E-state index contributed by atoms with van der Waals surface area (Å²) >= 11 is 0. The Morgan fingerprint density at radius 3 is 2.72 bits per heavy atom. The van der Waals surface area contributed by atoms with Crippen molar-refractivity contribution in [1.29, 1.82) is 0 Å². The molecule has 2 N–H and O–H groups in total. The number of H-pyrrole nitrogens is 1. The van der Waals surface area contributed by atoms with Crippen LogP contribution in [-0.2, 0) is 14.3 Å². The number of halogens is 1. The molecular weight excluding hydrogens is 379 g/mol. The van der Waals surface area contributed by atoms with Crippen LogP contribution in [0.15, 0.2) is 42.5 Å². The number of aromatic amines is 1. The van der Waals surface area contributed by atoms with Crippen molar-refractivity contribution in [3.05, 3.63) is 53.8 Å². The average Bonchev–Trinajstić information content (AvgIpc) is 3.32. The molecule has 1 atom stereocenters. The van der Waals surface area contributed by atoms with Crippen molar-refractivity contribution in [2.24, 2.45) is 5.92 Å². The van der Waals surface area contributed by atoms with Gasteiger partial charge in [0.1, 0.15) is 5.82 Å². The first-order chi connectivity index (χ1) is 14.0. The molecule has 0 aliphatic carbocycles. The molecule has 0 radical (unpaired) electrons. The van der Waals surface area contributed by atoms with E-state index in [1.807, 2.05) is 0 Å². The number of hydrogen-bond acceptors (Lipinski definition) is 5. The fourth-order valence-electron chi connectivity index (χ4n) is 3.35. The quantitative estimate of drug-likeness (QED) is 0.660. The Morgan fingerprint density at radius 2 is 2.00 bits per heavy atom. The van der Waals surface area contributed by atoms with Gasteiger partial charge in [0.25, 0.3) is 0 Å². The number of hydrogen-bond donors (Lipinski definition) is 2. The maximum atomic E-state index is 14.2. The van der Waals surface area contributed by atoms with Gasteiger partial charge in [-0.3, -0.25) is 19.6 Å². The summed E-state index contributed by atoms with van der Waals surface area (Å²) in [4.78, 5) is 37.9. The van der Waals surface area contributed by atoms with E-state index in [0.717, 1.165) is 0 Å². The monoisotopic (exact) mass is 396 g/mol. The van der Waals surface area contributed by atoms with Crippen molar-refractivity contribution >= 4 is 40.2 Å². The highest BCUT2D eigenvalue weighted by molar-refractivity contribution is 6.07. The third kappa shape index (κ3) is 3.42. The molecule has 1 aromatic heterocycles. The minimum atomic E-state index is -0.610. The summed E-state index contributed by atoms with van der Waals surface area (Å²) in [6.07, 6.45) is -0.00508. The molecule has 148 valence electrons. The second-order valence-corrected chi connectivity index (χ2v) is 6.67. The van der Waals surface area contributed by atoms with Gasteiger partial charge in [-0.05, 0) is 36.4 Å². The molecule has 29 heavy (non-hydrogen) atoms. The van der Waals surface area contributed by atoms with Gasteiger partial charge < -0.3 is 10.1 Å². The number of carbonyl (C=O) groups excluding carboxylic acids is 3. The Bertz CT molecular complexity index is 1110. The molecule has 0 bridgehead atoms. The number of esters is 1. The van der Waals surface area contributed by atoms with Crippen molar-refractivity contribution < 1.29 is 23.5 Å². The maximum Gasteiger partial charge on any atom is 0.337 e. The molecule has 1 saturated heterocycles. The van der Waals surface area contributed by atoms with Crippen LogP contribution in [0.5, 0.6) is 0 Å². The van der Waals surface area contributed by atoms with Crippen LogP contribution in [-0.4, -0.2) is 41.6 Å². The maximum absolute atomic E-state index is 14.2. The minimum absolute atomic E-state index is 0.00508. The van der Waals surface area contributed by atoms with E-state index in [4.69, 9.17) is 0 Å². The molecule has 0 saturated carbocycles. The normalized spacial score (nSPS) is 16.3. The Hall–Kier alpha value is -3.75. The largest absolute Gasteiger partial charge is 0.465 e. The van der Waals surface area contributed by atoms with Crippen LogP contribution in [0.1, 0.15) is 16.8 Å². The number of nitrogens with zero attached hydrogens (tertiary/aromatic N) is 2. The van der Waals surface area contributed by atoms with Crippen molar-refractivity contribution in [3.63, 3.8) is 0 Å². The Balaban J connectivity index is 1.49. The van der Waals surface area contributed by atoms with Crippen molar-refractivity contribution in [2.45, 2.75) is 6.42 Å². The minimum Gasteiger partial charge on any atom is -0.465 e. The molecule has 2 heterocycles. The first kappa shape index (κ1) is 18.6. The number of rotatable bonds is 4. The molecule has 2 amide bonds. The van der Waals surface area contributed by atoms with Crippen LogP contribution in [0.2, 0.25) is 0 Å². The number of nitrogens with one attached hydrogen (secondary N) is 2. The van der Waals surface area contributed by atoms with E-state index in [0.29, 0.717) is 16.8 Å².